The first kappa shape index (κ1) is 84.2. The second-order valence-electron chi connectivity index (χ2n) is 27.0. The highest BCUT2D eigenvalue weighted by atomic mass is 31.2. The number of quaternary nitrogens is 1. The van der Waals surface area contributed by atoms with E-state index >= 15 is 0 Å². The molecule has 9 heteroatoms. The molecule has 8 nitrogen and oxygen atoms in total. The van der Waals surface area contributed by atoms with Crippen LogP contribution < -0.4 is 5.32 Å². The molecular formula is C77H148N2O6P+. The summed E-state index contributed by atoms with van der Waals surface area (Å²) in [5, 5.41) is 14.0. The van der Waals surface area contributed by atoms with Crippen LogP contribution in [0.2, 0.25) is 0 Å². The Bertz CT molecular complexity index is 1590. The number of nitrogens with one attached hydrogen (secondary N) is 1. The predicted octanol–water partition coefficient (Wildman–Crippen LogP) is 24.3. The van der Waals surface area contributed by atoms with Crippen LogP contribution in [0.1, 0.15) is 373 Å². The minimum Gasteiger partial charge on any atom is -0.387 e. The van der Waals surface area contributed by atoms with E-state index in [0.717, 1.165) is 64.2 Å². The van der Waals surface area contributed by atoms with E-state index in [4.69, 9.17) is 9.05 Å². The standard InChI is InChI=1S/C77H147N2O6P/c1-6-8-10-12-14-16-18-20-22-24-26-28-30-32-34-36-38-39-41-43-45-47-49-51-53-55-57-59-61-63-65-67-69-71-77(81)78-75(74-85-86(82,83)84-73-72-79(3,4)5)76(80)70-68-66-64-62-60-58-56-54-52-50-48-46-44-42-40-37-35-33-31-29-27-25-23-21-19-17-15-13-11-9-7-2/h8,10,14,16,20,22,26,28,68,70,75-76,80H,6-7,9,11-13,15,17-19,21,23-25,27,29-67,69,71-74H2,1-5H3,(H-,78,81,82,83)/p+1/b10-8-,16-14-,22-20-,28-26-,70-68+. The van der Waals surface area contributed by atoms with E-state index in [1.165, 1.54) is 289 Å². The number of rotatable bonds is 70. The van der Waals surface area contributed by atoms with Crippen LogP contribution in [0.3, 0.4) is 0 Å². The molecule has 3 unspecified atom stereocenters. The molecule has 506 valence electrons. The lowest BCUT2D eigenvalue weighted by Gasteiger charge is -2.25. The van der Waals surface area contributed by atoms with E-state index in [1.807, 2.05) is 27.2 Å². The van der Waals surface area contributed by atoms with Crippen LogP contribution in [-0.2, 0) is 18.4 Å². The van der Waals surface area contributed by atoms with Gasteiger partial charge >= 0.3 is 7.82 Å². The van der Waals surface area contributed by atoms with Gasteiger partial charge in [0.2, 0.25) is 5.91 Å². The molecule has 0 aliphatic carbocycles. The van der Waals surface area contributed by atoms with Crippen molar-refractivity contribution < 1.29 is 32.9 Å². The molecule has 0 aromatic heterocycles. The Kier molecular flexibility index (Phi) is 66.2. The monoisotopic (exact) mass is 1230 g/mol. The lowest BCUT2D eigenvalue weighted by molar-refractivity contribution is -0.870. The molecule has 0 saturated carbocycles. The van der Waals surface area contributed by atoms with Gasteiger partial charge < -0.3 is 19.8 Å². The first-order chi connectivity index (χ1) is 42.0. The summed E-state index contributed by atoms with van der Waals surface area (Å²) < 4.78 is 23.9. The second kappa shape index (κ2) is 67.6. The minimum atomic E-state index is -4.36. The van der Waals surface area contributed by atoms with Crippen LogP contribution in [0, 0.1) is 0 Å². The van der Waals surface area contributed by atoms with E-state index < -0.39 is 20.0 Å². The van der Waals surface area contributed by atoms with Gasteiger partial charge in [-0.05, 0) is 57.8 Å². The highest BCUT2D eigenvalue weighted by Crippen LogP contribution is 2.43. The first-order valence-corrected chi connectivity index (χ1v) is 39.2. The van der Waals surface area contributed by atoms with E-state index in [2.05, 4.69) is 67.8 Å². The van der Waals surface area contributed by atoms with Crippen molar-refractivity contribution in [2.24, 2.45) is 0 Å². The number of hydrogen-bond donors (Lipinski definition) is 3. The number of carbonyl (C=O) groups excluding carboxylic acids is 1. The molecule has 0 fully saturated rings. The van der Waals surface area contributed by atoms with Gasteiger partial charge in [0.05, 0.1) is 39.9 Å². The van der Waals surface area contributed by atoms with Gasteiger partial charge in [-0.2, -0.15) is 0 Å². The molecule has 86 heavy (non-hydrogen) atoms. The van der Waals surface area contributed by atoms with Crippen molar-refractivity contribution >= 4 is 13.7 Å². The molecular weight excluding hydrogens is 1080 g/mol. The summed E-state index contributed by atoms with van der Waals surface area (Å²) in [7, 11) is 1.59. The van der Waals surface area contributed by atoms with Crippen molar-refractivity contribution in [2.45, 2.75) is 386 Å². The van der Waals surface area contributed by atoms with Crippen molar-refractivity contribution in [3.8, 4) is 0 Å². The van der Waals surface area contributed by atoms with E-state index in [9.17, 15) is 19.4 Å². The average molecular weight is 1230 g/mol. The van der Waals surface area contributed by atoms with E-state index in [-0.39, 0.29) is 19.1 Å². The third kappa shape index (κ3) is 69.7. The third-order valence-corrected chi connectivity index (χ3v) is 18.2. The molecule has 0 aromatic carbocycles. The molecule has 0 heterocycles. The third-order valence-electron chi connectivity index (χ3n) is 17.2. The topological polar surface area (TPSA) is 105 Å². The van der Waals surface area contributed by atoms with Crippen LogP contribution in [0.4, 0.5) is 0 Å². The van der Waals surface area contributed by atoms with E-state index in [1.54, 1.807) is 6.08 Å². The van der Waals surface area contributed by atoms with Crippen molar-refractivity contribution in [2.75, 3.05) is 40.9 Å². The average Bonchev–Trinajstić information content (AvgIpc) is 3.70. The Morgan fingerprint density at radius 3 is 1.02 bits per heavy atom. The second-order valence-corrected chi connectivity index (χ2v) is 28.5. The van der Waals surface area contributed by atoms with Gasteiger partial charge in [-0.1, -0.05) is 370 Å². The van der Waals surface area contributed by atoms with Crippen molar-refractivity contribution in [1.29, 1.82) is 0 Å². The minimum absolute atomic E-state index is 0.0625. The number of hydrogen-bond acceptors (Lipinski definition) is 5. The Morgan fingerprint density at radius 1 is 0.407 bits per heavy atom. The van der Waals surface area contributed by atoms with Gasteiger partial charge in [-0.3, -0.25) is 13.8 Å². The highest BCUT2D eigenvalue weighted by Gasteiger charge is 2.28. The van der Waals surface area contributed by atoms with Crippen LogP contribution in [0.25, 0.3) is 0 Å². The number of phosphoric acid groups is 1. The maximum absolute atomic E-state index is 13.1. The molecule has 0 saturated heterocycles. The molecule has 0 aliphatic heterocycles. The summed E-state index contributed by atoms with van der Waals surface area (Å²) in [6, 6.07) is -0.849. The summed E-state index contributed by atoms with van der Waals surface area (Å²) in [6.45, 7) is 4.76. The molecule has 0 aromatic rings. The molecule has 0 aliphatic rings. The van der Waals surface area contributed by atoms with Gasteiger partial charge in [-0.15, -0.1) is 0 Å². The Morgan fingerprint density at radius 2 is 0.698 bits per heavy atom. The molecule has 0 bridgehead atoms. The lowest BCUT2D eigenvalue weighted by Crippen LogP contribution is -2.45. The smallest absolute Gasteiger partial charge is 0.387 e. The van der Waals surface area contributed by atoms with Crippen LogP contribution in [0.15, 0.2) is 60.8 Å². The summed E-state index contributed by atoms with van der Waals surface area (Å²) in [6.07, 6.45) is 93.9. The summed E-state index contributed by atoms with van der Waals surface area (Å²) in [5.41, 5.74) is 0. The van der Waals surface area contributed by atoms with Gasteiger partial charge in [0.25, 0.3) is 0 Å². The fraction of sp³-hybridized carbons (Fsp3) is 0.857. The zero-order valence-corrected chi connectivity index (χ0v) is 59.0. The number of aliphatic hydroxyl groups excluding tert-OH is 1. The number of nitrogens with zero attached hydrogens (tertiary/aromatic N) is 1. The largest absolute Gasteiger partial charge is 0.472 e. The summed E-state index contributed by atoms with van der Waals surface area (Å²) in [5.74, 6) is -0.170. The SMILES string of the molecule is CC/C=C\C/C=C\C/C=C\C/C=C\CCCCCCCCCCCCCCCCCCCCCCC(=O)NC(COP(=O)(O)OCC[N+](C)(C)C)C(O)/C=C/CCCCCCCCCCCCCCCCCCCCCCCCCCCCCCC. The number of amides is 1. The zero-order chi connectivity index (χ0) is 62.6. The van der Waals surface area contributed by atoms with Crippen molar-refractivity contribution in [3.63, 3.8) is 0 Å². The fourth-order valence-corrected chi connectivity index (χ4v) is 12.2. The first-order valence-electron chi connectivity index (χ1n) is 37.7. The van der Waals surface area contributed by atoms with Gasteiger partial charge in [0.15, 0.2) is 0 Å². The summed E-state index contributed by atoms with van der Waals surface area (Å²) in [4.78, 5) is 23.5. The van der Waals surface area contributed by atoms with Gasteiger partial charge in [-0.25, -0.2) is 4.57 Å². The van der Waals surface area contributed by atoms with Crippen LogP contribution in [-0.4, -0.2) is 73.4 Å². The van der Waals surface area contributed by atoms with Crippen molar-refractivity contribution in [1.82, 2.24) is 5.32 Å². The fourth-order valence-electron chi connectivity index (χ4n) is 11.5. The molecule has 0 spiro atoms. The lowest BCUT2D eigenvalue weighted by atomic mass is 10.0. The summed E-state index contributed by atoms with van der Waals surface area (Å²) >= 11 is 0. The maximum atomic E-state index is 13.1. The Hall–Kier alpha value is -1.80. The number of carbonyl (C=O) groups is 1. The zero-order valence-electron chi connectivity index (χ0n) is 58.1. The number of aliphatic hydroxyl groups is 1. The van der Waals surface area contributed by atoms with Crippen LogP contribution in [0.5, 0.6) is 0 Å². The van der Waals surface area contributed by atoms with Gasteiger partial charge in [0.1, 0.15) is 13.2 Å². The van der Waals surface area contributed by atoms with Crippen LogP contribution >= 0.6 is 7.82 Å². The molecule has 0 radical (unpaired) electrons. The number of unbranched alkanes of at least 4 members (excludes halogenated alkanes) is 49. The maximum Gasteiger partial charge on any atom is 0.472 e. The Balaban J connectivity index is 4.00. The van der Waals surface area contributed by atoms with Gasteiger partial charge in [0, 0.05) is 6.42 Å². The number of likely N-dealkylation sites (N-methyl/N-ethyl adjacent to an activating group) is 1. The molecule has 1 amide bonds. The quantitative estimate of drug-likeness (QED) is 0.0243. The molecule has 0 rings (SSSR count). The molecule has 3 N–H and O–H groups in total. The predicted molar refractivity (Wildman–Crippen MR) is 378 cm³/mol. The molecule has 3 atom stereocenters. The van der Waals surface area contributed by atoms with E-state index in [0.29, 0.717) is 17.4 Å². The highest BCUT2D eigenvalue weighted by molar-refractivity contribution is 7.47. The number of phosphoric ester groups is 1. The normalized spacial score (nSPS) is 13.9. The Labute approximate surface area is 536 Å². The van der Waals surface area contributed by atoms with Crippen molar-refractivity contribution in [3.05, 3.63) is 60.8 Å². The number of allylic oxidation sites excluding steroid dienone is 9.